The number of nitrogens with zero attached hydrogens (tertiary/aromatic N) is 1. The summed E-state index contributed by atoms with van der Waals surface area (Å²) in [6.45, 7) is 0.904. The zero-order valence-electron chi connectivity index (χ0n) is 15.6. The molecule has 0 spiro atoms. The Hall–Kier alpha value is -2.43. The number of fused-ring (bicyclic) bond motifs is 1. The molecular formula is C23H23NO2S. The van der Waals surface area contributed by atoms with E-state index < -0.39 is 0 Å². The van der Waals surface area contributed by atoms with Gasteiger partial charge in [0, 0.05) is 11.4 Å². The van der Waals surface area contributed by atoms with Gasteiger partial charge in [0.05, 0.1) is 26.1 Å². The topological polar surface area (TPSA) is 21.7 Å². The Bertz CT molecular complexity index is 899. The minimum absolute atomic E-state index is 0.183. The van der Waals surface area contributed by atoms with Gasteiger partial charge in [-0.15, -0.1) is 11.8 Å². The van der Waals surface area contributed by atoms with Crippen molar-refractivity contribution in [3.8, 4) is 11.5 Å². The molecule has 0 N–H and O–H groups in total. The Morgan fingerprint density at radius 3 is 2.19 bits per heavy atom. The summed E-state index contributed by atoms with van der Waals surface area (Å²) in [4.78, 5) is 3.77. The van der Waals surface area contributed by atoms with E-state index in [2.05, 4.69) is 77.7 Å². The molecule has 1 heterocycles. The van der Waals surface area contributed by atoms with Crippen molar-refractivity contribution in [3.05, 3.63) is 89.5 Å². The molecule has 4 heteroatoms. The molecule has 0 saturated carbocycles. The SMILES string of the molecule is COc1cc2c(cc1OC)C(c1ccccc1)N(Cc1ccccc1)CS2. The van der Waals surface area contributed by atoms with Crippen LogP contribution in [-0.4, -0.2) is 25.0 Å². The molecule has 1 unspecified atom stereocenters. The summed E-state index contributed by atoms with van der Waals surface area (Å²) in [5.41, 5.74) is 3.89. The van der Waals surface area contributed by atoms with Crippen molar-refractivity contribution in [2.24, 2.45) is 0 Å². The Kier molecular flexibility index (Phi) is 5.37. The first kappa shape index (κ1) is 18.0. The lowest BCUT2D eigenvalue weighted by atomic mass is 9.96. The fourth-order valence-corrected chi connectivity index (χ4v) is 4.69. The molecule has 1 atom stereocenters. The summed E-state index contributed by atoms with van der Waals surface area (Å²) in [6, 6.07) is 25.8. The number of rotatable bonds is 5. The second-order valence-corrected chi connectivity index (χ2v) is 7.55. The first-order valence-corrected chi connectivity index (χ1v) is 10.0. The van der Waals surface area contributed by atoms with E-state index in [4.69, 9.17) is 9.47 Å². The van der Waals surface area contributed by atoms with E-state index in [-0.39, 0.29) is 6.04 Å². The number of hydrogen-bond acceptors (Lipinski definition) is 4. The maximum Gasteiger partial charge on any atom is 0.161 e. The van der Waals surface area contributed by atoms with Crippen LogP contribution in [0.1, 0.15) is 22.7 Å². The van der Waals surface area contributed by atoms with Crippen molar-refractivity contribution in [3.63, 3.8) is 0 Å². The average molecular weight is 378 g/mol. The van der Waals surface area contributed by atoms with Gasteiger partial charge in [0.2, 0.25) is 0 Å². The van der Waals surface area contributed by atoms with Crippen molar-refractivity contribution in [2.45, 2.75) is 17.5 Å². The quantitative estimate of drug-likeness (QED) is 0.597. The van der Waals surface area contributed by atoms with Gasteiger partial charge in [0.15, 0.2) is 11.5 Å². The standard InChI is InChI=1S/C23H23NO2S/c1-25-20-13-19-22(14-21(20)26-2)27-16-24(15-17-9-5-3-6-10-17)23(19)18-11-7-4-8-12-18/h3-14,23H,15-16H2,1-2H3. The van der Waals surface area contributed by atoms with Crippen LogP contribution in [0.3, 0.4) is 0 Å². The molecule has 0 amide bonds. The summed E-state index contributed by atoms with van der Waals surface area (Å²) >= 11 is 1.85. The molecule has 0 aliphatic carbocycles. The van der Waals surface area contributed by atoms with Crippen LogP contribution in [0.4, 0.5) is 0 Å². The summed E-state index contributed by atoms with van der Waals surface area (Å²) in [5.74, 6) is 2.49. The molecule has 3 aromatic carbocycles. The van der Waals surface area contributed by atoms with E-state index >= 15 is 0 Å². The largest absolute Gasteiger partial charge is 0.493 e. The Morgan fingerprint density at radius 1 is 0.889 bits per heavy atom. The molecular weight excluding hydrogens is 354 g/mol. The van der Waals surface area contributed by atoms with Gasteiger partial charge in [-0.05, 0) is 28.8 Å². The van der Waals surface area contributed by atoms with Crippen LogP contribution in [0, 0.1) is 0 Å². The number of ether oxygens (including phenoxy) is 2. The van der Waals surface area contributed by atoms with Gasteiger partial charge in [-0.1, -0.05) is 60.7 Å². The zero-order chi connectivity index (χ0) is 18.6. The summed E-state index contributed by atoms with van der Waals surface area (Å²) < 4.78 is 11.1. The van der Waals surface area contributed by atoms with Crippen molar-refractivity contribution in [1.82, 2.24) is 4.90 Å². The Morgan fingerprint density at radius 2 is 1.52 bits per heavy atom. The summed E-state index contributed by atoms with van der Waals surface area (Å²) in [6.07, 6.45) is 0. The molecule has 0 saturated heterocycles. The van der Waals surface area contributed by atoms with Crippen molar-refractivity contribution >= 4 is 11.8 Å². The fourth-order valence-electron chi connectivity index (χ4n) is 3.62. The molecule has 3 aromatic rings. The molecule has 1 aliphatic heterocycles. The molecule has 0 radical (unpaired) electrons. The smallest absolute Gasteiger partial charge is 0.161 e. The highest BCUT2D eigenvalue weighted by atomic mass is 32.2. The Balaban J connectivity index is 1.79. The highest BCUT2D eigenvalue weighted by Crippen LogP contribution is 2.46. The number of methoxy groups -OCH3 is 2. The lowest BCUT2D eigenvalue weighted by Crippen LogP contribution is -2.32. The van der Waals surface area contributed by atoms with E-state index in [1.54, 1.807) is 14.2 Å². The molecule has 0 fully saturated rings. The van der Waals surface area contributed by atoms with Crippen molar-refractivity contribution in [2.75, 3.05) is 20.1 Å². The monoisotopic (exact) mass is 377 g/mol. The van der Waals surface area contributed by atoms with Gasteiger partial charge in [0.25, 0.3) is 0 Å². The zero-order valence-corrected chi connectivity index (χ0v) is 16.4. The molecule has 1 aliphatic rings. The van der Waals surface area contributed by atoms with Crippen LogP contribution in [0.2, 0.25) is 0 Å². The van der Waals surface area contributed by atoms with Gasteiger partial charge in [-0.25, -0.2) is 0 Å². The van der Waals surface area contributed by atoms with Gasteiger partial charge in [-0.2, -0.15) is 0 Å². The Labute approximate surface area is 164 Å². The van der Waals surface area contributed by atoms with E-state index in [0.29, 0.717) is 0 Å². The highest BCUT2D eigenvalue weighted by molar-refractivity contribution is 7.99. The predicted octanol–water partition coefficient (Wildman–Crippen LogP) is 5.36. The third-order valence-electron chi connectivity index (χ3n) is 4.91. The number of thioether (sulfide) groups is 1. The van der Waals surface area contributed by atoms with E-state index in [1.165, 1.54) is 21.6 Å². The van der Waals surface area contributed by atoms with Crippen LogP contribution in [0.15, 0.2) is 77.7 Å². The number of benzene rings is 3. The molecule has 27 heavy (non-hydrogen) atoms. The molecule has 138 valence electrons. The van der Waals surface area contributed by atoms with Crippen LogP contribution in [-0.2, 0) is 6.54 Å². The van der Waals surface area contributed by atoms with Crippen LogP contribution < -0.4 is 9.47 Å². The molecule has 0 aromatic heterocycles. The van der Waals surface area contributed by atoms with Gasteiger partial charge in [-0.3, -0.25) is 4.90 Å². The van der Waals surface area contributed by atoms with E-state index in [9.17, 15) is 0 Å². The van der Waals surface area contributed by atoms with Crippen LogP contribution in [0.25, 0.3) is 0 Å². The number of hydrogen-bond donors (Lipinski definition) is 0. The molecule has 3 nitrogen and oxygen atoms in total. The third-order valence-corrected chi connectivity index (χ3v) is 6.03. The minimum Gasteiger partial charge on any atom is -0.493 e. The lowest BCUT2D eigenvalue weighted by Gasteiger charge is -2.37. The molecule has 0 bridgehead atoms. The van der Waals surface area contributed by atoms with Crippen LogP contribution in [0.5, 0.6) is 11.5 Å². The van der Waals surface area contributed by atoms with Gasteiger partial charge >= 0.3 is 0 Å². The average Bonchev–Trinajstić information content (AvgIpc) is 2.74. The van der Waals surface area contributed by atoms with Crippen molar-refractivity contribution in [1.29, 1.82) is 0 Å². The third kappa shape index (κ3) is 3.68. The van der Waals surface area contributed by atoms with Gasteiger partial charge in [0.1, 0.15) is 0 Å². The van der Waals surface area contributed by atoms with E-state index in [0.717, 1.165) is 23.9 Å². The molecule has 4 rings (SSSR count). The second-order valence-electron chi connectivity index (χ2n) is 6.56. The summed E-state index contributed by atoms with van der Waals surface area (Å²) in [7, 11) is 3.38. The maximum atomic E-state index is 5.59. The van der Waals surface area contributed by atoms with Crippen molar-refractivity contribution < 1.29 is 9.47 Å². The summed E-state index contributed by atoms with van der Waals surface area (Å²) in [5, 5.41) is 0. The van der Waals surface area contributed by atoms with Gasteiger partial charge < -0.3 is 9.47 Å². The fraction of sp³-hybridized carbons (Fsp3) is 0.217. The lowest BCUT2D eigenvalue weighted by molar-refractivity contribution is 0.249. The first-order valence-electron chi connectivity index (χ1n) is 9.02. The maximum absolute atomic E-state index is 5.59. The normalized spacial score (nSPS) is 16.6. The second kappa shape index (κ2) is 8.07. The highest BCUT2D eigenvalue weighted by Gasteiger charge is 2.30. The first-order chi connectivity index (χ1) is 13.3. The predicted molar refractivity (Wildman–Crippen MR) is 111 cm³/mol. The van der Waals surface area contributed by atoms with Crippen LogP contribution >= 0.6 is 11.8 Å². The van der Waals surface area contributed by atoms with E-state index in [1.807, 2.05) is 11.8 Å². The minimum atomic E-state index is 0.183.